The maximum atomic E-state index is 14.3. The highest BCUT2D eigenvalue weighted by Gasteiger charge is 2.34. The van der Waals surface area contributed by atoms with Gasteiger partial charge in [0.1, 0.15) is 31.3 Å². The molecule has 11 heteroatoms. The smallest absolute Gasteiger partial charge is 0.249 e. The number of aromatic nitrogens is 3. The summed E-state index contributed by atoms with van der Waals surface area (Å²) >= 11 is 0. The predicted octanol–water partition coefficient (Wildman–Crippen LogP) is 3.34. The molecule has 6 rings (SSSR count). The van der Waals surface area contributed by atoms with Crippen LogP contribution in [-0.4, -0.2) is 73.4 Å². The summed E-state index contributed by atoms with van der Waals surface area (Å²) in [5.41, 5.74) is 3.55. The molecule has 1 fully saturated rings. The zero-order chi connectivity index (χ0) is 29.1. The first kappa shape index (κ1) is 27.5. The number of carbonyl (C=O) groups is 2. The lowest BCUT2D eigenvalue weighted by Gasteiger charge is -2.33. The van der Waals surface area contributed by atoms with Crippen LogP contribution in [0.15, 0.2) is 66.7 Å². The van der Waals surface area contributed by atoms with Crippen LogP contribution < -0.4 is 24.6 Å². The van der Waals surface area contributed by atoms with E-state index in [1.54, 1.807) is 22.9 Å². The van der Waals surface area contributed by atoms with Gasteiger partial charge in [-0.05, 0) is 54.8 Å². The molecule has 1 saturated heterocycles. The number of ether oxygens (including phenoxy) is 3. The third-order valence-electron chi connectivity index (χ3n) is 7.54. The summed E-state index contributed by atoms with van der Waals surface area (Å²) in [5, 5.41) is 11.5. The number of amides is 2. The Hall–Kier alpha value is -4.64. The fourth-order valence-corrected chi connectivity index (χ4v) is 5.35. The highest BCUT2D eigenvalue weighted by molar-refractivity contribution is 6.02. The van der Waals surface area contributed by atoms with Crippen LogP contribution in [0.5, 0.6) is 11.5 Å². The number of hydrogen-bond acceptors (Lipinski definition) is 8. The number of hydrogen-bond donors (Lipinski definition) is 1. The zero-order valence-electron chi connectivity index (χ0n) is 23.7. The van der Waals surface area contributed by atoms with Crippen molar-refractivity contribution in [3.05, 3.63) is 72.3 Å². The molecule has 218 valence electrons. The highest BCUT2D eigenvalue weighted by Crippen LogP contribution is 2.37. The van der Waals surface area contributed by atoms with E-state index >= 15 is 0 Å². The van der Waals surface area contributed by atoms with Crippen molar-refractivity contribution in [1.82, 2.24) is 20.3 Å². The summed E-state index contributed by atoms with van der Waals surface area (Å²) < 4.78 is 18.9. The number of para-hydroxylation sites is 1. The van der Waals surface area contributed by atoms with Gasteiger partial charge in [0.05, 0.1) is 11.6 Å². The quantitative estimate of drug-likeness (QED) is 0.326. The summed E-state index contributed by atoms with van der Waals surface area (Å²) in [6, 6.07) is 19.4. The molecule has 2 aliphatic rings. The van der Waals surface area contributed by atoms with Crippen molar-refractivity contribution in [3.8, 4) is 11.5 Å². The molecule has 4 aromatic rings. The zero-order valence-corrected chi connectivity index (χ0v) is 23.7. The van der Waals surface area contributed by atoms with Crippen molar-refractivity contribution in [2.45, 2.75) is 31.5 Å². The molecule has 0 aliphatic carbocycles. The first-order valence-electron chi connectivity index (χ1n) is 14.1. The van der Waals surface area contributed by atoms with Gasteiger partial charge in [-0.15, -0.1) is 5.10 Å². The van der Waals surface area contributed by atoms with E-state index in [4.69, 9.17) is 14.2 Å². The predicted molar refractivity (Wildman–Crippen MR) is 158 cm³/mol. The largest absolute Gasteiger partial charge is 0.486 e. The van der Waals surface area contributed by atoms with Gasteiger partial charge in [-0.1, -0.05) is 29.5 Å². The molecule has 2 atom stereocenters. The van der Waals surface area contributed by atoms with E-state index < -0.39 is 6.04 Å². The number of carbonyl (C=O) groups excluding carboxylic acids is 2. The monoisotopic (exact) mass is 570 g/mol. The molecular weight excluding hydrogens is 536 g/mol. The van der Waals surface area contributed by atoms with E-state index in [-0.39, 0.29) is 24.5 Å². The number of anilines is 2. The molecule has 0 unspecified atom stereocenters. The Balaban J connectivity index is 1.41. The summed E-state index contributed by atoms with van der Waals surface area (Å²) in [6.45, 7) is 1.76. The first-order chi connectivity index (χ1) is 20.5. The molecular formula is C31H34N6O5. The van der Waals surface area contributed by atoms with Gasteiger partial charge in [-0.25, -0.2) is 4.68 Å². The van der Waals surface area contributed by atoms with E-state index in [2.05, 4.69) is 15.6 Å². The van der Waals surface area contributed by atoms with Crippen molar-refractivity contribution in [2.75, 3.05) is 50.3 Å². The van der Waals surface area contributed by atoms with E-state index in [0.717, 1.165) is 24.0 Å². The normalized spacial score (nSPS) is 16.7. The van der Waals surface area contributed by atoms with E-state index in [1.165, 1.54) is 4.90 Å². The number of nitrogens with one attached hydrogen (secondary N) is 1. The van der Waals surface area contributed by atoms with Gasteiger partial charge in [-0.2, -0.15) is 0 Å². The van der Waals surface area contributed by atoms with Gasteiger partial charge in [-0.3, -0.25) is 14.5 Å². The van der Waals surface area contributed by atoms with Gasteiger partial charge in [0.25, 0.3) is 0 Å². The molecule has 0 saturated carbocycles. The molecule has 11 nitrogen and oxygen atoms in total. The lowest BCUT2D eigenvalue weighted by atomic mass is 10.0. The molecule has 3 heterocycles. The Morgan fingerprint density at radius 2 is 1.74 bits per heavy atom. The summed E-state index contributed by atoms with van der Waals surface area (Å²) in [4.78, 5) is 31.9. The summed E-state index contributed by atoms with van der Waals surface area (Å²) in [5.74, 6) is 0.463. The number of rotatable bonds is 9. The topological polar surface area (TPSA) is 111 Å². The summed E-state index contributed by atoms with van der Waals surface area (Å²) in [6.07, 6.45) is 1.79. The van der Waals surface area contributed by atoms with Gasteiger partial charge in [0.2, 0.25) is 11.8 Å². The fourth-order valence-electron chi connectivity index (χ4n) is 5.35. The molecule has 2 aliphatic heterocycles. The minimum absolute atomic E-state index is 0.0503. The number of fused-ring (bicyclic) bond motifs is 2. The van der Waals surface area contributed by atoms with Crippen LogP contribution in [-0.2, 0) is 20.9 Å². The molecule has 2 amide bonds. The van der Waals surface area contributed by atoms with E-state index in [9.17, 15) is 9.59 Å². The van der Waals surface area contributed by atoms with Crippen LogP contribution in [0.1, 0.15) is 24.4 Å². The average Bonchev–Trinajstić information content (AvgIpc) is 3.69. The van der Waals surface area contributed by atoms with Crippen LogP contribution in [0.3, 0.4) is 0 Å². The van der Waals surface area contributed by atoms with Gasteiger partial charge in [0.15, 0.2) is 11.5 Å². The average molecular weight is 571 g/mol. The van der Waals surface area contributed by atoms with Crippen molar-refractivity contribution in [3.63, 3.8) is 0 Å². The maximum Gasteiger partial charge on any atom is 0.249 e. The van der Waals surface area contributed by atoms with Crippen LogP contribution in [0.2, 0.25) is 0 Å². The number of benzene rings is 3. The van der Waals surface area contributed by atoms with Gasteiger partial charge in [0, 0.05) is 44.7 Å². The molecule has 0 radical (unpaired) electrons. The van der Waals surface area contributed by atoms with E-state index in [1.807, 2.05) is 67.5 Å². The Morgan fingerprint density at radius 3 is 2.50 bits per heavy atom. The second-order valence-corrected chi connectivity index (χ2v) is 10.6. The summed E-state index contributed by atoms with van der Waals surface area (Å²) in [7, 11) is 3.91. The Morgan fingerprint density at radius 1 is 0.976 bits per heavy atom. The Bertz CT molecular complexity index is 1560. The maximum absolute atomic E-state index is 14.3. The standard InChI is InChI=1S/C31H34N6O5/c1-35(2)22-11-9-21(10-12-22)30(31(39)32-19-24-6-5-15-40-24)37(23-13-14-27-28(18-23)42-17-16-41-27)29(38)20-36-26-8-4-3-7-25(26)33-34-36/h3-4,7-14,18,24,30H,5-6,15-17,19-20H2,1-2H3,(H,32,39)/t24-,30+/m1/s1. The Kier molecular flexibility index (Phi) is 7.91. The number of nitrogens with zero attached hydrogens (tertiary/aromatic N) is 5. The van der Waals surface area contributed by atoms with Crippen LogP contribution in [0, 0.1) is 0 Å². The van der Waals surface area contributed by atoms with Crippen LogP contribution in [0.25, 0.3) is 11.0 Å². The fraction of sp³-hybridized carbons (Fsp3) is 0.355. The third kappa shape index (κ3) is 5.73. The third-order valence-corrected chi connectivity index (χ3v) is 7.54. The van der Waals surface area contributed by atoms with Gasteiger partial charge < -0.3 is 24.4 Å². The van der Waals surface area contributed by atoms with Crippen molar-refractivity contribution >= 4 is 34.2 Å². The molecule has 1 aromatic heterocycles. The van der Waals surface area contributed by atoms with Gasteiger partial charge >= 0.3 is 0 Å². The minimum Gasteiger partial charge on any atom is -0.486 e. The van der Waals surface area contributed by atoms with Crippen molar-refractivity contribution < 1.29 is 23.8 Å². The minimum atomic E-state index is -0.979. The first-order valence-corrected chi connectivity index (χ1v) is 14.1. The second kappa shape index (κ2) is 12.1. The second-order valence-electron chi connectivity index (χ2n) is 10.6. The molecule has 1 N–H and O–H groups in total. The van der Waals surface area contributed by atoms with Crippen molar-refractivity contribution in [1.29, 1.82) is 0 Å². The lowest BCUT2D eigenvalue weighted by molar-refractivity contribution is -0.127. The molecule has 3 aromatic carbocycles. The highest BCUT2D eigenvalue weighted by atomic mass is 16.6. The van der Waals surface area contributed by atoms with E-state index in [0.29, 0.717) is 54.6 Å². The molecule has 42 heavy (non-hydrogen) atoms. The van der Waals surface area contributed by atoms with Crippen LogP contribution in [0.4, 0.5) is 11.4 Å². The Labute approximate surface area is 243 Å². The molecule has 0 bridgehead atoms. The van der Waals surface area contributed by atoms with Crippen LogP contribution >= 0.6 is 0 Å². The SMILES string of the molecule is CN(C)c1ccc([C@@H](C(=O)NC[C@H]2CCCO2)N(C(=O)Cn2nnc3ccccc32)c2ccc3c(c2)OCCO3)cc1. The lowest BCUT2D eigenvalue weighted by Crippen LogP contribution is -2.46. The molecule has 0 spiro atoms. The van der Waals surface area contributed by atoms with Crippen molar-refractivity contribution in [2.24, 2.45) is 0 Å².